The summed E-state index contributed by atoms with van der Waals surface area (Å²) in [5.74, 6) is -11.7. The Bertz CT molecular complexity index is 1790. The molecular weight excluding hydrogens is 720 g/mol. The van der Waals surface area contributed by atoms with E-state index in [2.05, 4.69) is 0 Å². The number of hydrogen-bond donors (Lipinski definition) is 3. The van der Waals surface area contributed by atoms with Crippen molar-refractivity contribution >= 4 is 35.6 Å². The Hall–Kier alpha value is -3.14. The highest BCUT2D eigenvalue weighted by molar-refractivity contribution is 5.95. The number of aliphatic hydroxyl groups is 3. The Morgan fingerprint density at radius 3 is 2.05 bits per heavy atom. The molecule has 2 unspecified atom stereocenters. The van der Waals surface area contributed by atoms with Gasteiger partial charge in [-0.2, -0.15) is 0 Å². The molecule has 1 spiro atoms. The van der Waals surface area contributed by atoms with Crippen LogP contribution in [0.5, 0.6) is 0 Å². The maximum Gasteiger partial charge on any atom is 0.341 e. The summed E-state index contributed by atoms with van der Waals surface area (Å²) in [5, 5.41) is 36.7. The van der Waals surface area contributed by atoms with Crippen LogP contribution in [0.2, 0.25) is 0 Å². The monoisotopic (exact) mass is 774 g/mol. The summed E-state index contributed by atoms with van der Waals surface area (Å²) in [6.07, 6.45) is -5.95. The Morgan fingerprint density at radius 2 is 1.47 bits per heavy atom. The van der Waals surface area contributed by atoms with Gasteiger partial charge in [0.05, 0.1) is 11.0 Å². The molecule has 304 valence electrons. The number of carbonyl (C=O) groups excluding carboxylic acids is 6. The maximum atomic E-state index is 15.2. The lowest BCUT2D eigenvalue weighted by atomic mass is 9.40. The number of hydrogen-bond acceptors (Lipinski definition) is 15. The van der Waals surface area contributed by atoms with Crippen LogP contribution in [0, 0.1) is 63.6 Å². The van der Waals surface area contributed by atoms with Gasteiger partial charge in [-0.15, -0.1) is 0 Å². The van der Waals surface area contributed by atoms with Gasteiger partial charge in [-0.3, -0.25) is 24.0 Å². The van der Waals surface area contributed by atoms with Crippen LogP contribution in [-0.2, 0) is 57.2 Å². The third kappa shape index (κ3) is 4.47. The summed E-state index contributed by atoms with van der Waals surface area (Å²) in [7, 11) is 0. The summed E-state index contributed by atoms with van der Waals surface area (Å²) < 4.78 is 37.0. The summed E-state index contributed by atoms with van der Waals surface area (Å²) in [6.45, 7) is 15.8. The van der Waals surface area contributed by atoms with Gasteiger partial charge in [-0.25, -0.2) is 4.79 Å². The fraction of sp³-hybridized carbons (Fsp3) is 0.850. The van der Waals surface area contributed by atoms with Crippen molar-refractivity contribution in [2.24, 2.45) is 63.6 Å². The van der Waals surface area contributed by atoms with E-state index in [1.807, 2.05) is 27.7 Å². The predicted molar refractivity (Wildman–Crippen MR) is 183 cm³/mol. The van der Waals surface area contributed by atoms with Gasteiger partial charge in [0.1, 0.15) is 30.0 Å². The minimum Gasteiger partial charge on any atom is -0.462 e. The quantitative estimate of drug-likeness (QED) is 0.199. The standard InChI is InChI=1S/C40H54O15/c1-15(2)11-23(44)53-32-21-13-38(21,48)14-39(49)30(45)28(51-18(5)42)24-20(35(32,39)8)12-22(50-17(4)41)34(7)25-16(3)31-40(54-31)36(9,37(10,47)33(46)55-40)27(25)29(26(24)34)52-19(6)43/h15-16,20-22,24-29,31-32,47-49H,11-14H2,1-10H3/t16-,20?,21+,22-,24?,25-,26+,27-,28+,29+,31+,32-,34+,35-,36-,37+,38-,39-,40-/m0/s1. The maximum absolute atomic E-state index is 15.2. The van der Waals surface area contributed by atoms with Gasteiger partial charge >= 0.3 is 29.8 Å². The lowest BCUT2D eigenvalue weighted by Gasteiger charge is -2.66. The van der Waals surface area contributed by atoms with Crippen molar-refractivity contribution < 1.29 is 72.5 Å². The number of fused-ring (bicyclic) bond motifs is 9. The first-order valence-electron chi connectivity index (χ1n) is 19.6. The molecule has 55 heavy (non-hydrogen) atoms. The minimum atomic E-state index is -2.39. The van der Waals surface area contributed by atoms with Gasteiger partial charge in [-0.1, -0.05) is 34.6 Å². The Kier molecular flexibility index (Phi) is 7.94. The van der Waals surface area contributed by atoms with E-state index in [4.69, 9.17) is 28.4 Å². The number of Topliss-reactive ketones (excluding diaryl/α,β-unsaturated/α-hetero) is 1. The van der Waals surface area contributed by atoms with Crippen LogP contribution in [0.1, 0.15) is 94.9 Å². The minimum absolute atomic E-state index is 0.00752. The normalized spacial score (nSPS) is 54.9. The molecule has 2 saturated heterocycles. The van der Waals surface area contributed by atoms with E-state index < -0.39 is 153 Å². The van der Waals surface area contributed by atoms with Crippen molar-refractivity contribution in [2.45, 2.75) is 148 Å². The van der Waals surface area contributed by atoms with Crippen LogP contribution in [0.25, 0.3) is 0 Å². The second kappa shape index (κ2) is 11.3. The van der Waals surface area contributed by atoms with Crippen LogP contribution in [-0.4, -0.2) is 104 Å². The van der Waals surface area contributed by atoms with E-state index in [1.54, 1.807) is 13.8 Å². The third-order valence-electron chi connectivity index (χ3n) is 16.3. The lowest BCUT2D eigenvalue weighted by molar-refractivity contribution is -0.282. The first kappa shape index (κ1) is 38.7. The fourth-order valence-electron chi connectivity index (χ4n) is 14.0. The molecule has 0 aromatic heterocycles. The SMILES string of the molecule is CC(=O)O[C@H]1[C@@H]2[C@H]([C@H](C)[C@H]3O[C@]34OC(=O)[C@@](C)(O)[C@]24C)[C@@]2(C)[C@@H](OC(C)=O)CC3C([C@H]12)[C@@H](OC(C)=O)C(=O)[C@@]1(O)C[C@@]2(O)C[C@@H]2[C@H](OC(=O)CC(C)C)[C@]31C. The summed E-state index contributed by atoms with van der Waals surface area (Å²) in [5.41, 5.74) is -10.5. The topological polar surface area (TPSA) is 222 Å². The molecule has 0 bridgehead atoms. The van der Waals surface area contributed by atoms with Crippen molar-refractivity contribution in [1.29, 1.82) is 0 Å². The van der Waals surface area contributed by atoms with Crippen molar-refractivity contribution in [2.75, 3.05) is 0 Å². The van der Waals surface area contributed by atoms with Gasteiger partial charge in [0.25, 0.3) is 0 Å². The van der Waals surface area contributed by atoms with Crippen molar-refractivity contribution in [3.8, 4) is 0 Å². The van der Waals surface area contributed by atoms with Gasteiger partial charge in [0, 0.05) is 68.1 Å². The molecule has 15 heteroatoms. The molecule has 0 aromatic rings. The molecule has 2 aliphatic heterocycles. The van der Waals surface area contributed by atoms with Crippen LogP contribution >= 0.6 is 0 Å². The highest BCUT2D eigenvalue weighted by Crippen LogP contribution is 2.81. The van der Waals surface area contributed by atoms with Crippen molar-refractivity contribution in [1.82, 2.24) is 0 Å². The first-order chi connectivity index (χ1) is 25.3. The van der Waals surface area contributed by atoms with E-state index in [9.17, 15) is 39.3 Å². The van der Waals surface area contributed by atoms with Crippen LogP contribution < -0.4 is 0 Å². The number of ketones is 1. The molecular formula is C40H54O15. The molecule has 3 N–H and O–H groups in total. The molecule has 0 radical (unpaired) electrons. The summed E-state index contributed by atoms with van der Waals surface area (Å²) in [6, 6.07) is 0. The van der Waals surface area contributed by atoms with Gasteiger partial charge < -0.3 is 43.7 Å². The van der Waals surface area contributed by atoms with Gasteiger partial charge in [-0.05, 0) is 50.4 Å². The zero-order chi connectivity index (χ0) is 40.5. The van der Waals surface area contributed by atoms with E-state index in [1.165, 1.54) is 20.8 Å². The smallest absolute Gasteiger partial charge is 0.341 e. The number of ether oxygens (including phenoxy) is 6. The molecule has 8 rings (SSSR count). The number of carbonyl (C=O) groups is 6. The second-order valence-corrected chi connectivity index (χ2v) is 19.4. The molecule has 0 aromatic carbocycles. The molecule has 0 amide bonds. The Morgan fingerprint density at radius 1 is 0.855 bits per heavy atom. The highest BCUT2D eigenvalue weighted by Gasteiger charge is 2.93. The number of epoxide rings is 1. The predicted octanol–water partition coefficient (Wildman–Crippen LogP) is 1.78. The lowest BCUT2D eigenvalue weighted by Crippen LogP contribution is -2.77. The molecule has 2 heterocycles. The van der Waals surface area contributed by atoms with E-state index in [0.29, 0.717) is 0 Å². The third-order valence-corrected chi connectivity index (χ3v) is 16.3. The van der Waals surface area contributed by atoms with Crippen LogP contribution in [0.15, 0.2) is 0 Å². The average Bonchev–Trinajstić information content (AvgIpc) is 3.92. The van der Waals surface area contributed by atoms with Crippen LogP contribution in [0.4, 0.5) is 0 Å². The molecule has 8 aliphatic rings. The number of esters is 5. The Labute approximate surface area is 319 Å². The van der Waals surface area contributed by atoms with E-state index in [0.717, 1.165) is 6.92 Å². The van der Waals surface area contributed by atoms with Crippen molar-refractivity contribution in [3.05, 3.63) is 0 Å². The summed E-state index contributed by atoms with van der Waals surface area (Å²) in [4.78, 5) is 81.7. The fourth-order valence-corrected chi connectivity index (χ4v) is 14.0. The van der Waals surface area contributed by atoms with Gasteiger partial charge in [0.15, 0.2) is 11.7 Å². The number of rotatable bonds is 6. The van der Waals surface area contributed by atoms with E-state index in [-0.39, 0.29) is 25.2 Å². The first-order valence-corrected chi connectivity index (χ1v) is 19.6. The molecule has 6 saturated carbocycles. The second-order valence-electron chi connectivity index (χ2n) is 19.4. The zero-order valence-electron chi connectivity index (χ0n) is 33.1. The zero-order valence-corrected chi connectivity index (χ0v) is 33.1. The molecule has 15 nitrogen and oxygen atoms in total. The van der Waals surface area contributed by atoms with Crippen molar-refractivity contribution in [3.63, 3.8) is 0 Å². The van der Waals surface area contributed by atoms with Crippen LogP contribution in [0.3, 0.4) is 0 Å². The summed E-state index contributed by atoms with van der Waals surface area (Å²) >= 11 is 0. The average molecular weight is 775 g/mol. The largest absolute Gasteiger partial charge is 0.462 e. The highest BCUT2D eigenvalue weighted by atomic mass is 16.8. The Balaban J connectivity index is 1.38. The van der Waals surface area contributed by atoms with Gasteiger partial charge in [0.2, 0.25) is 11.6 Å². The molecule has 8 fully saturated rings. The van der Waals surface area contributed by atoms with E-state index >= 15 is 4.79 Å². The molecule has 19 atom stereocenters. The molecule has 6 aliphatic carbocycles.